The molecule has 0 aliphatic carbocycles. The summed E-state index contributed by atoms with van der Waals surface area (Å²) in [5, 5.41) is 0.430. The highest BCUT2D eigenvalue weighted by Gasteiger charge is 2.17. The van der Waals surface area contributed by atoms with Gasteiger partial charge in [-0.25, -0.2) is 4.39 Å². The Kier molecular flexibility index (Phi) is 4.63. The van der Waals surface area contributed by atoms with Crippen LogP contribution in [-0.2, 0) is 0 Å². The van der Waals surface area contributed by atoms with Crippen molar-refractivity contribution in [2.75, 3.05) is 7.11 Å². The smallest absolute Gasteiger partial charge is 0.196 e. The summed E-state index contributed by atoms with van der Waals surface area (Å²) in [6, 6.07) is 9.17. The molecule has 0 fully saturated rings. The number of hydrogen-bond acceptors (Lipinski definition) is 2. The van der Waals surface area contributed by atoms with Gasteiger partial charge in [-0.1, -0.05) is 25.4 Å². The third kappa shape index (κ3) is 3.42. The van der Waals surface area contributed by atoms with Crippen molar-refractivity contribution >= 4 is 17.4 Å². The van der Waals surface area contributed by atoms with Crippen LogP contribution in [0.25, 0.3) is 0 Å². The molecule has 0 aliphatic rings. The third-order valence-electron chi connectivity index (χ3n) is 3.26. The van der Waals surface area contributed by atoms with Gasteiger partial charge >= 0.3 is 0 Å². The molecule has 0 atom stereocenters. The van der Waals surface area contributed by atoms with Crippen LogP contribution in [0.1, 0.15) is 41.3 Å². The molecule has 2 aromatic rings. The Morgan fingerprint density at radius 2 is 1.90 bits per heavy atom. The number of rotatable bonds is 4. The van der Waals surface area contributed by atoms with E-state index < -0.39 is 5.82 Å². The van der Waals surface area contributed by atoms with Crippen LogP contribution < -0.4 is 4.74 Å². The second-order valence-electron chi connectivity index (χ2n) is 5.10. The van der Waals surface area contributed by atoms with Gasteiger partial charge < -0.3 is 4.74 Å². The van der Waals surface area contributed by atoms with Crippen molar-refractivity contribution in [3.8, 4) is 5.75 Å². The van der Waals surface area contributed by atoms with Gasteiger partial charge in [0.2, 0.25) is 0 Å². The Bertz CT molecular complexity index is 680. The zero-order valence-corrected chi connectivity index (χ0v) is 12.9. The molecule has 2 rings (SSSR count). The zero-order chi connectivity index (χ0) is 15.6. The quantitative estimate of drug-likeness (QED) is 0.755. The molecule has 0 amide bonds. The highest BCUT2D eigenvalue weighted by atomic mass is 35.5. The maximum absolute atomic E-state index is 13.7. The molecule has 110 valence electrons. The second-order valence-corrected chi connectivity index (χ2v) is 5.54. The Balaban J connectivity index is 2.52. The molecule has 0 heterocycles. The van der Waals surface area contributed by atoms with Crippen molar-refractivity contribution in [2.45, 2.75) is 19.8 Å². The van der Waals surface area contributed by atoms with Crippen LogP contribution in [0.4, 0.5) is 4.39 Å². The Morgan fingerprint density at radius 3 is 2.52 bits per heavy atom. The maximum atomic E-state index is 13.7. The minimum Gasteiger partial charge on any atom is -0.496 e. The summed E-state index contributed by atoms with van der Waals surface area (Å²) in [5.41, 5.74) is 1.39. The van der Waals surface area contributed by atoms with E-state index in [1.54, 1.807) is 18.2 Å². The van der Waals surface area contributed by atoms with E-state index in [2.05, 4.69) is 0 Å². The first-order chi connectivity index (χ1) is 9.92. The van der Waals surface area contributed by atoms with Crippen LogP contribution >= 0.6 is 11.6 Å². The summed E-state index contributed by atoms with van der Waals surface area (Å²) >= 11 is 5.94. The molecule has 0 N–H and O–H groups in total. The van der Waals surface area contributed by atoms with Crippen molar-refractivity contribution in [1.29, 1.82) is 0 Å². The fourth-order valence-corrected chi connectivity index (χ4v) is 2.26. The van der Waals surface area contributed by atoms with Crippen molar-refractivity contribution in [2.24, 2.45) is 0 Å². The van der Waals surface area contributed by atoms with Crippen LogP contribution in [0, 0.1) is 5.82 Å². The van der Waals surface area contributed by atoms with E-state index in [1.807, 2.05) is 13.8 Å². The van der Waals surface area contributed by atoms with E-state index in [0.717, 1.165) is 5.56 Å². The van der Waals surface area contributed by atoms with E-state index >= 15 is 0 Å². The standard InChI is InChI=1S/C17H16ClFO2/c1-10(2)11-6-12(8-14(19)7-11)17(20)15-9-13(18)4-5-16(15)21-3/h4-10H,1-3H3. The fraction of sp³-hybridized carbons (Fsp3) is 0.235. The van der Waals surface area contributed by atoms with Gasteiger partial charge in [-0.3, -0.25) is 4.79 Å². The molecule has 4 heteroatoms. The number of carbonyl (C=O) groups excluding carboxylic acids is 1. The van der Waals surface area contributed by atoms with E-state index in [9.17, 15) is 9.18 Å². The van der Waals surface area contributed by atoms with Crippen molar-refractivity contribution < 1.29 is 13.9 Å². The average Bonchev–Trinajstić information content (AvgIpc) is 2.45. The normalized spacial score (nSPS) is 10.8. The number of methoxy groups -OCH3 is 1. The van der Waals surface area contributed by atoms with E-state index in [1.165, 1.54) is 25.3 Å². The Labute approximate surface area is 128 Å². The molecule has 0 saturated carbocycles. The van der Waals surface area contributed by atoms with E-state index in [0.29, 0.717) is 21.9 Å². The molecule has 21 heavy (non-hydrogen) atoms. The van der Waals surface area contributed by atoms with E-state index in [-0.39, 0.29) is 11.7 Å². The Hall–Kier alpha value is -1.87. The van der Waals surface area contributed by atoms with Crippen LogP contribution in [0.5, 0.6) is 5.75 Å². The number of halogens is 2. The van der Waals surface area contributed by atoms with Crippen LogP contribution in [0.15, 0.2) is 36.4 Å². The van der Waals surface area contributed by atoms with Crippen LogP contribution in [-0.4, -0.2) is 12.9 Å². The largest absolute Gasteiger partial charge is 0.496 e. The number of ether oxygens (including phenoxy) is 1. The van der Waals surface area contributed by atoms with Gasteiger partial charge in [-0.05, 0) is 47.9 Å². The monoisotopic (exact) mass is 306 g/mol. The molecule has 0 bridgehead atoms. The molecular formula is C17H16ClFO2. The van der Waals surface area contributed by atoms with Gasteiger partial charge in [0.25, 0.3) is 0 Å². The lowest BCUT2D eigenvalue weighted by Gasteiger charge is -2.11. The first-order valence-corrected chi connectivity index (χ1v) is 6.99. The van der Waals surface area contributed by atoms with Crippen LogP contribution in [0.2, 0.25) is 5.02 Å². The highest BCUT2D eigenvalue weighted by Crippen LogP contribution is 2.27. The second kappa shape index (κ2) is 6.27. The lowest BCUT2D eigenvalue weighted by atomic mass is 9.96. The molecule has 0 aromatic heterocycles. The average molecular weight is 307 g/mol. The lowest BCUT2D eigenvalue weighted by Crippen LogP contribution is -2.06. The third-order valence-corrected chi connectivity index (χ3v) is 3.49. The van der Waals surface area contributed by atoms with Gasteiger partial charge in [0, 0.05) is 10.6 Å². The summed E-state index contributed by atoms with van der Waals surface area (Å²) in [6.45, 7) is 3.89. The maximum Gasteiger partial charge on any atom is 0.196 e. The molecule has 0 saturated heterocycles. The molecule has 0 aliphatic heterocycles. The minimum absolute atomic E-state index is 0.133. The predicted octanol–water partition coefficient (Wildman–Crippen LogP) is 4.84. The fourth-order valence-electron chi connectivity index (χ4n) is 2.09. The first kappa shape index (κ1) is 15.5. The van der Waals surface area contributed by atoms with E-state index in [4.69, 9.17) is 16.3 Å². The topological polar surface area (TPSA) is 26.3 Å². The van der Waals surface area contributed by atoms with Gasteiger partial charge in [0.15, 0.2) is 5.78 Å². The number of carbonyl (C=O) groups is 1. The lowest BCUT2D eigenvalue weighted by molar-refractivity contribution is 0.103. The molecule has 0 radical (unpaired) electrons. The van der Waals surface area contributed by atoms with Gasteiger partial charge in [0.05, 0.1) is 12.7 Å². The summed E-state index contributed by atoms with van der Waals surface area (Å²) in [6.07, 6.45) is 0. The highest BCUT2D eigenvalue weighted by molar-refractivity contribution is 6.31. The molecular weight excluding hydrogens is 291 g/mol. The van der Waals surface area contributed by atoms with Gasteiger partial charge in [-0.2, -0.15) is 0 Å². The number of hydrogen-bond donors (Lipinski definition) is 0. The summed E-state index contributed by atoms with van der Waals surface area (Å²) < 4.78 is 18.9. The van der Waals surface area contributed by atoms with Crippen molar-refractivity contribution in [3.63, 3.8) is 0 Å². The van der Waals surface area contributed by atoms with Crippen LogP contribution in [0.3, 0.4) is 0 Å². The number of benzene rings is 2. The zero-order valence-electron chi connectivity index (χ0n) is 12.1. The van der Waals surface area contributed by atoms with Crippen molar-refractivity contribution in [3.05, 3.63) is 63.9 Å². The molecule has 0 unspecified atom stereocenters. The predicted molar refractivity (Wildman–Crippen MR) is 81.9 cm³/mol. The molecule has 2 nitrogen and oxygen atoms in total. The summed E-state index contributed by atoms with van der Waals surface area (Å²) in [7, 11) is 1.48. The minimum atomic E-state index is -0.425. The first-order valence-electron chi connectivity index (χ1n) is 6.61. The van der Waals surface area contributed by atoms with Crippen molar-refractivity contribution in [1.82, 2.24) is 0 Å². The van der Waals surface area contributed by atoms with Gasteiger partial charge in [0.1, 0.15) is 11.6 Å². The summed E-state index contributed by atoms with van der Waals surface area (Å²) in [4.78, 5) is 12.6. The molecule has 2 aromatic carbocycles. The molecule has 0 spiro atoms. The summed E-state index contributed by atoms with van der Waals surface area (Å²) in [5.74, 6) is -0.186. The Morgan fingerprint density at radius 1 is 1.19 bits per heavy atom. The van der Waals surface area contributed by atoms with Gasteiger partial charge in [-0.15, -0.1) is 0 Å². The number of ketones is 1. The SMILES string of the molecule is COc1ccc(Cl)cc1C(=O)c1cc(F)cc(C(C)C)c1.